The first-order chi connectivity index (χ1) is 6.76. The summed E-state index contributed by atoms with van der Waals surface area (Å²) in [4.78, 5) is 0. The Balaban J connectivity index is 2.58. The highest BCUT2D eigenvalue weighted by molar-refractivity contribution is 6.25. The number of hydrogen-bond donors (Lipinski definition) is 0. The van der Waals surface area contributed by atoms with Gasteiger partial charge in [0, 0.05) is 5.54 Å². The topological polar surface area (TPSA) is 9.23 Å². The molecule has 0 heterocycles. The minimum Gasteiger partial charge on any atom is -0.497 e. The summed E-state index contributed by atoms with van der Waals surface area (Å²) in [5.74, 6) is 0.912. The molecule has 0 unspecified atom stereocenters. The van der Waals surface area contributed by atoms with Crippen molar-refractivity contribution < 1.29 is 4.74 Å². The number of allylic oxidation sites excluding steroid dienone is 1. The summed E-state index contributed by atoms with van der Waals surface area (Å²) in [6.45, 7) is 2.03. The molecule has 1 rings (SSSR count). The highest BCUT2D eigenvalue weighted by Crippen LogP contribution is 2.15. The van der Waals surface area contributed by atoms with Crippen LogP contribution in [0.4, 0.5) is 0 Å². The van der Waals surface area contributed by atoms with Gasteiger partial charge in [0.1, 0.15) is 5.75 Å². The fraction of sp³-hybridized carbons (Fsp3) is 0.333. The lowest BCUT2D eigenvalue weighted by molar-refractivity contribution is 0.414. The number of halogens is 1. The molecule has 14 heavy (non-hydrogen) atoms. The average molecular weight is 211 g/mol. The molecular weight excluding hydrogens is 196 g/mol. The van der Waals surface area contributed by atoms with Gasteiger partial charge in [-0.05, 0) is 37.5 Å². The van der Waals surface area contributed by atoms with Crippen LogP contribution in [0.2, 0.25) is 0 Å². The molecule has 0 aliphatic rings. The van der Waals surface area contributed by atoms with Crippen LogP contribution < -0.4 is 4.74 Å². The molecule has 0 spiro atoms. The maximum atomic E-state index is 5.59. The Morgan fingerprint density at radius 2 is 2.29 bits per heavy atom. The molecule has 0 bridgehead atoms. The van der Waals surface area contributed by atoms with E-state index >= 15 is 0 Å². The third kappa shape index (κ3) is 3.43. The molecule has 0 aliphatic heterocycles. The van der Waals surface area contributed by atoms with Crippen LogP contribution in [0, 0.1) is 0 Å². The molecular formula is C12H15ClO. The van der Waals surface area contributed by atoms with Gasteiger partial charge in [0.05, 0.1) is 7.11 Å². The predicted octanol–water partition coefficient (Wildman–Crippen LogP) is 3.77. The summed E-state index contributed by atoms with van der Waals surface area (Å²) >= 11 is 5.59. The van der Waals surface area contributed by atoms with Crippen LogP contribution in [-0.2, 0) is 6.42 Å². The predicted molar refractivity (Wildman–Crippen MR) is 60.9 cm³/mol. The molecule has 1 aromatic carbocycles. The SMILES string of the molecule is COc1cccc(CC/C(C)=C/Cl)c1. The van der Waals surface area contributed by atoms with E-state index in [-0.39, 0.29) is 0 Å². The number of ether oxygens (including phenoxy) is 1. The normalized spacial score (nSPS) is 11.5. The third-order valence-electron chi connectivity index (χ3n) is 2.13. The molecule has 0 saturated carbocycles. The zero-order valence-electron chi connectivity index (χ0n) is 8.59. The smallest absolute Gasteiger partial charge is 0.119 e. The molecule has 0 atom stereocenters. The van der Waals surface area contributed by atoms with Crippen LogP contribution in [-0.4, -0.2) is 7.11 Å². The van der Waals surface area contributed by atoms with Gasteiger partial charge < -0.3 is 4.74 Å². The minimum atomic E-state index is 0.912. The van der Waals surface area contributed by atoms with Crippen LogP contribution in [0.15, 0.2) is 35.4 Å². The van der Waals surface area contributed by atoms with Gasteiger partial charge in [0.15, 0.2) is 0 Å². The fourth-order valence-electron chi connectivity index (χ4n) is 1.22. The van der Waals surface area contributed by atoms with E-state index in [4.69, 9.17) is 16.3 Å². The molecule has 0 fully saturated rings. The van der Waals surface area contributed by atoms with Crippen molar-refractivity contribution >= 4 is 11.6 Å². The van der Waals surface area contributed by atoms with Crippen LogP contribution in [0.25, 0.3) is 0 Å². The van der Waals surface area contributed by atoms with E-state index < -0.39 is 0 Å². The highest BCUT2D eigenvalue weighted by Gasteiger charge is 1.96. The Kier molecular flexibility index (Phi) is 4.54. The first-order valence-corrected chi connectivity index (χ1v) is 5.08. The Morgan fingerprint density at radius 3 is 2.93 bits per heavy atom. The van der Waals surface area contributed by atoms with E-state index in [9.17, 15) is 0 Å². The minimum absolute atomic E-state index is 0.912. The summed E-state index contributed by atoms with van der Waals surface area (Å²) in [5.41, 5.74) is 4.12. The zero-order chi connectivity index (χ0) is 10.4. The second kappa shape index (κ2) is 5.71. The monoisotopic (exact) mass is 210 g/mol. The maximum absolute atomic E-state index is 5.59. The number of methoxy groups -OCH3 is 1. The molecule has 0 radical (unpaired) electrons. The average Bonchev–Trinajstić information content (AvgIpc) is 2.26. The number of aryl methyl sites for hydroxylation is 1. The molecule has 2 heteroatoms. The molecule has 1 aromatic rings. The van der Waals surface area contributed by atoms with Crippen molar-refractivity contribution in [2.24, 2.45) is 0 Å². The van der Waals surface area contributed by atoms with Gasteiger partial charge in [0.2, 0.25) is 0 Å². The summed E-state index contributed by atoms with van der Waals surface area (Å²) in [6.07, 6.45) is 2.00. The van der Waals surface area contributed by atoms with Crippen molar-refractivity contribution in [1.82, 2.24) is 0 Å². The van der Waals surface area contributed by atoms with E-state index in [1.54, 1.807) is 12.6 Å². The van der Waals surface area contributed by atoms with E-state index in [1.165, 1.54) is 11.1 Å². The Morgan fingerprint density at radius 1 is 1.50 bits per heavy atom. The first kappa shape index (κ1) is 11.1. The first-order valence-electron chi connectivity index (χ1n) is 4.65. The number of benzene rings is 1. The van der Waals surface area contributed by atoms with E-state index in [0.29, 0.717) is 0 Å². The maximum Gasteiger partial charge on any atom is 0.119 e. The van der Waals surface area contributed by atoms with E-state index in [2.05, 4.69) is 12.1 Å². The Labute approximate surface area is 90.3 Å². The van der Waals surface area contributed by atoms with Gasteiger partial charge >= 0.3 is 0 Å². The van der Waals surface area contributed by atoms with Gasteiger partial charge in [-0.25, -0.2) is 0 Å². The van der Waals surface area contributed by atoms with Crippen LogP contribution >= 0.6 is 11.6 Å². The van der Waals surface area contributed by atoms with Gasteiger partial charge in [0.25, 0.3) is 0 Å². The summed E-state index contributed by atoms with van der Waals surface area (Å²) in [5, 5.41) is 0. The summed E-state index contributed by atoms with van der Waals surface area (Å²) in [6, 6.07) is 8.12. The Hall–Kier alpha value is -0.950. The van der Waals surface area contributed by atoms with E-state index in [0.717, 1.165) is 18.6 Å². The summed E-state index contributed by atoms with van der Waals surface area (Å²) < 4.78 is 5.15. The lowest BCUT2D eigenvalue weighted by Gasteiger charge is -2.04. The van der Waals surface area contributed by atoms with Crippen molar-refractivity contribution in [3.05, 3.63) is 40.9 Å². The quantitative estimate of drug-likeness (QED) is 0.735. The largest absolute Gasteiger partial charge is 0.497 e. The van der Waals surface area contributed by atoms with Gasteiger partial charge in [-0.3, -0.25) is 0 Å². The van der Waals surface area contributed by atoms with Crippen molar-refractivity contribution in [3.63, 3.8) is 0 Å². The highest BCUT2D eigenvalue weighted by atomic mass is 35.5. The summed E-state index contributed by atoms with van der Waals surface area (Å²) in [7, 11) is 1.68. The third-order valence-corrected chi connectivity index (χ3v) is 2.50. The van der Waals surface area contributed by atoms with E-state index in [1.807, 2.05) is 19.1 Å². The Bertz CT molecular complexity index is 318. The van der Waals surface area contributed by atoms with Crippen LogP contribution in [0.3, 0.4) is 0 Å². The zero-order valence-corrected chi connectivity index (χ0v) is 9.34. The van der Waals surface area contributed by atoms with Crippen molar-refractivity contribution in [2.45, 2.75) is 19.8 Å². The molecule has 0 N–H and O–H groups in total. The van der Waals surface area contributed by atoms with Gasteiger partial charge in [-0.1, -0.05) is 29.3 Å². The molecule has 1 nitrogen and oxygen atoms in total. The second-order valence-corrected chi connectivity index (χ2v) is 3.53. The van der Waals surface area contributed by atoms with Gasteiger partial charge in [-0.2, -0.15) is 0 Å². The molecule has 76 valence electrons. The van der Waals surface area contributed by atoms with Gasteiger partial charge in [-0.15, -0.1) is 0 Å². The molecule has 0 amide bonds. The molecule has 0 aliphatic carbocycles. The van der Waals surface area contributed by atoms with Crippen molar-refractivity contribution in [1.29, 1.82) is 0 Å². The molecule has 0 saturated heterocycles. The number of rotatable bonds is 4. The molecule has 0 aromatic heterocycles. The fourth-order valence-corrected chi connectivity index (χ4v) is 1.33. The van der Waals surface area contributed by atoms with Crippen molar-refractivity contribution in [2.75, 3.05) is 7.11 Å². The van der Waals surface area contributed by atoms with Crippen LogP contribution in [0.5, 0.6) is 5.75 Å². The standard InChI is InChI=1S/C12H15ClO/c1-10(9-13)6-7-11-4-3-5-12(8-11)14-2/h3-5,8-9H,6-7H2,1-2H3/b10-9+. The lowest BCUT2D eigenvalue weighted by Crippen LogP contribution is -1.88. The lowest BCUT2D eigenvalue weighted by atomic mass is 10.1. The second-order valence-electron chi connectivity index (χ2n) is 3.31. The van der Waals surface area contributed by atoms with Crippen LogP contribution in [0.1, 0.15) is 18.9 Å². The van der Waals surface area contributed by atoms with Crippen molar-refractivity contribution in [3.8, 4) is 5.75 Å². The number of hydrogen-bond acceptors (Lipinski definition) is 1.